The summed E-state index contributed by atoms with van der Waals surface area (Å²) in [4.78, 5) is 18.4. The van der Waals surface area contributed by atoms with E-state index in [1.807, 2.05) is 60.5 Å². The summed E-state index contributed by atoms with van der Waals surface area (Å²) in [5.74, 6) is 0.604. The molecule has 3 rings (SSSR count). The average Bonchev–Trinajstić information content (AvgIpc) is 3.18. The van der Waals surface area contributed by atoms with Crippen molar-refractivity contribution in [1.82, 2.24) is 4.98 Å². The molecule has 0 aliphatic rings. The fourth-order valence-electron chi connectivity index (χ4n) is 3.00. The molecule has 0 spiro atoms. The molecule has 160 valence electrons. The first-order chi connectivity index (χ1) is 14.5. The van der Waals surface area contributed by atoms with Crippen LogP contribution in [0.4, 0.5) is 6.01 Å². The highest BCUT2D eigenvalue weighted by Crippen LogP contribution is 2.24. The Balaban J connectivity index is 1.50. The molecule has 0 saturated heterocycles. The zero-order valence-corrected chi connectivity index (χ0v) is 18.6. The number of rotatable bonds is 10. The summed E-state index contributed by atoms with van der Waals surface area (Å²) in [7, 11) is 3.36. The van der Waals surface area contributed by atoms with Crippen molar-refractivity contribution < 1.29 is 18.7 Å². The number of methoxy groups -OCH3 is 1. The quantitative estimate of drug-likeness (QED) is 0.438. The molecule has 0 aliphatic carbocycles. The predicted octanol–water partition coefficient (Wildman–Crippen LogP) is 4.57. The third kappa shape index (κ3) is 5.92. The summed E-state index contributed by atoms with van der Waals surface area (Å²) < 4.78 is 16.6. The number of carbonyl (C=O) groups excluding carboxylic acids is 1. The highest BCUT2D eigenvalue weighted by atomic mass is 32.2. The maximum Gasteiger partial charge on any atom is 0.319 e. The van der Waals surface area contributed by atoms with Gasteiger partial charge in [-0.25, -0.2) is 0 Å². The minimum absolute atomic E-state index is 0.184. The van der Waals surface area contributed by atoms with Gasteiger partial charge < -0.3 is 18.8 Å². The van der Waals surface area contributed by atoms with Crippen LogP contribution in [0.3, 0.4) is 0 Å². The lowest BCUT2D eigenvalue weighted by atomic mass is 10.1. The Labute approximate surface area is 181 Å². The first-order valence-corrected chi connectivity index (χ1v) is 10.9. The van der Waals surface area contributed by atoms with Crippen molar-refractivity contribution in [3.63, 3.8) is 0 Å². The van der Waals surface area contributed by atoms with Crippen molar-refractivity contribution in [3.05, 3.63) is 54.1 Å². The molecule has 0 saturated carbocycles. The van der Waals surface area contributed by atoms with Crippen LogP contribution in [0.5, 0.6) is 5.75 Å². The van der Waals surface area contributed by atoms with Crippen molar-refractivity contribution in [2.75, 3.05) is 32.2 Å². The number of benzene rings is 2. The standard InChI is InChI=1S/C23H28N2O4S/c1-16(2)30-21(22(26)27-4)15-17-9-11-18(12-10-17)28-14-13-25(3)23-24-19-7-5-6-8-20(19)29-23/h5-12,16,21H,13-15H2,1-4H3. The Kier molecular flexibility index (Phi) is 7.63. The summed E-state index contributed by atoms with van der Waals surface area (Å²) in [6.45, 7) is 5.30. The number of likely N-dealkylation sites (N-methyl/N-ethyl adjacent to an activating group) is 1. The summed E-state index contributed by atoms with van der Waals surface area (Å²) in [5, 5.41) is 0.154. The van der Waals surface area contributed by atoms with Gasteiger partial charge in [0.05, 0.1) is 13.7 Å². The van der Waals surface area contributed by atoms with Gasteiger partial charge in [0.25, 0.3) is 6.01 Å². The van der Waals surface area contributed by atoms with Gasteiger partial charge in [-0.05, 0) is 41.5 Å². The molecule has 2 aromatic carbocycles. The topological polar surface area (TPSA) is 64.8 Å². The molecule has 0 N–H and O–H groups in total. The van der Waals surface area contributed by atoms with Crippen molar-refractivity contribution in [2.24, 2.45) is 0 Å². The van der Waals surface area contributed by atoms with Crippen molar-refractivity contribution >= 4 is 34.8 Å². The average molecular weight is 429 g/mol. The largest absolute Gasteiger partial charge is 0.492 e. The Morgan fingerprint density at radius 1 is 1.17 bits per heavy atom. The van der Waals surface area contributed by atoms with E-state index in [2.05, 4.69) is 18.8 Å². The molecule has 1 aromatic heterocycles. The Bertz CT molecular complexity index is 922. The third-order valence-electron chi connectivity index (χ3n) is 4.55. The number of thioether (sulfide) groups is 1. The molecule has 0 amide bonds. The van der Waals surface area contributed by atoms with Gasteiger partial charge in [-0.15, -0.1) is 11.8 Å². The number of hydrogen-bond acceptors (Lipinski definition) is 7. The highest BCUT2D eigenvalue weighted by molar-refractivity contribution is 8.01. The molecule has 1 atom stereocenters. The fourth-order valence-corrected chi connectivity index (χ4v) is 4.16. The van der Waals surface area contributed by atoms with Gasteiger partial charge in [0, 0.05) is 7.05 Å². The normalized spacial score (nSPS) is 12.2. The first kappa shape index (κ1) is 22.0. The number of carbonyl (C=O) groups is 1. The Morgan fingerprint density at radius 3 is 2.57 bits per heavy atom. The number of hydrogen-bond donors (Lipinski definition) is 0. The Hall–Kier alpha value is -2.67. The van der Waals surface area contributed by atoms with Crippen LogP contribution in [-0.4, -0.2) is 48.8 Å². The van der Waals surface area contributed by atoms with E-state index in [0.29, 0.717) is 30.8 Å². The lowest BCUT2D eigenvalue weighted by molar-refractivity contribution is -0.139. The van der Waals surface area contributed by atoms with Gasteiger partial charge in [-0.2, -0.15) is 4.98 Å². The molecule has 3 aromatic rings. The van der Waals surface area contributed by atoms with Crippen LogP contribution >= 0.6 is 11.8 Å². The number of oxazole rings is 1. The molecule has 1 heterocycles. The van der Waals surface area contributed by atoms with Crippen LogP contribution in [-0.2, 0) is 16.0 Å². The van der Waals surface area contributed by atoms with Crippen LogP contribution in [0, 0.1) is 0 Å². The third-order valence-corrected chi connectivity index (χ3v) is 5.78. The van der Waals surface area contributed by atoms with Crippen molar-refractivity contribution in [1.29, 1.82) is 0 Å². The molecule has 6 nitrogen and oxygen atoms in total. The van der Waals surface area contributed by atoms with Crippen LogP contribution in [0.25, 0.3) is 11.1 Å². The first-order valence-electron chi connectivity index (χ1n) is 9.98. The summed E-state index contributed by atoms with van der Waals surface area (Å²) in [6.07, 6.45) is 0.635. The zero-order valence-electron chi connectivity index (χ0n) is 17.8. The van der Waals surface area contributed by atoms with Crippen LogP contribution < -0.4 is 9.64 Å². The number of esters is 1. The Morgan fingerprint density at radius 2 is 1.90 bits per heavy atom. The minimum Gasteiger partial charge on any atom is -0.492 e. The van der Waals surface area contributed by atoms with E-state index < -0.39 is 0 Å². The molecular weight excluding hydrogens is 400 g/mol. The zero-order chi connectivity index (χ0) is 21.5. The van der Waals surface area contributed by atoms with E-state index in [1.165, 1.54) is 7.11 Å². The lowest BCUT2D eigenvalue weighted by Gasteiger charge is -2.17. The molecule has 1 unspecified atom stereocenters. The maximum absolute atomic E-state index is 12.0. The number of nitrogens with zero attached hydrogens (tertiary/aromatic N) is 2. The second-order valence-corrected chi connectivity index (χ2v) is 9.06. The molecular formula is C23H28N2O4S. The molecule has 30 heavy (non-hydrogen) atoms. The number of fused-ring (bicyclic) bond motifs is 1. The monoisotopic (exact) mass is 428 g/mol. The molecule has 0 radical (unpaired) electrons. The number of ether oxygens (including phenoxy) is 2. The molecule has 0 aliphatic heterocycles. The summed E-state index contributed by atoms with van der Waals surface area (Å²) >= 11 is 1.62. The van der Waals surface area contributed by atoms with Gasteiger partial charge in [-0.1, -0.05) is 38.1 Å². The number of para-hydroxylation sites is 2. The number of aromatic nitrogens is 1. The van der Waals surface area contributed by atoms with E-state index >= 15 is 0 Å². The SMILES string of the molecule is COC(=O)C(Cc1ccc(OCCN(C)c2nc3ccccc3o2)cc1)SC(C)C. The predicted molar refractivity (Wildman–Crippen MR) is 121 cm³/mol. The summed E-state index contributed by atoms with van der Waals surface area (Å²) in [6, 6.07) is 16.1. The van der Waals surface area contributed by atoms with E-state index in [9.17, 15) is 4.79 Å². The highest BCUT2D eigenvalue weighted by Gasteiger charge is 2.21. The van der Waals surface area contributed by atoms with Gasteiger partial charge in [0.15, 0.2) is 5.58 Å². The fraction of sp³-hybridized carbons (Fsp3) is 0.391. The lowest BCUT2D eigenvalue weighted by Crippen LogP contribution is -2.24. The van der Waals surface area contributed by atoms with Crippen LogP contribution in [0.15, 0.2) is 52.9 Å². The van der Waals surface area contributed by atoms with Gasteiger partial charge >= 0.3 is 5.97 Å². The summed E-state index contributed by atoms with van der Waals surface area (Å²) in [5.41, 5.74) is 2.70. The maximum atomic E-state index is 12.0. The van der Waals surface area contributed by atoms with E-state index in [-0.39, 0.29) is 11.2 Å². The van der Waals surface area contributed by atoms with Crippen LogP contribution in [0.2, 0.25) is 0 Å². The molecule has 0 fully saturated rings. The smallest absolute Gasteiger partial charge is 0.319 e. The van der Waals surface area contributed by atoms with Crippen molar-refractivity contribution in [3.8, 4) is 5.75 Å². The second-order valence-electron chi connectivity index (χ2n) is 7.28. The van der Waals surface area contributed by atoms with Gasteiger partial charge in [0.2, 0.25) is 0 Å². The van der Waals surface area contributed by atoms with Gasteiger partial charge in [0.1, 0.15) is 23.1 Å². The van der Waals surface area contributed by atoms with Crippen molar-refractivity contribution in [2.45, 2.75) is 30.8 Å². The van der Waals surface area contributed by atoms with E-state index in [1.54, 1.807) is 11.8 Å². The minimum atomic E-state index is -0.202. The molecule has 7 heteroatoms. The second kappa shape index (κ2) is 10.4. The van der Waals surface area contributed by atoms with Gasteiger partial charge in [-0.3, -0.25) is 4.79 Å². The van der Waals surface area contributed by atoms with E-state index in [0.717, 1.165) is 22.4 Å². The van der Waals surface area contributed by atoms with E-state index in [4.69, 9.17) is 13.9 Å². The molecule has 0 bridgehead atoms. The van der Waals surface area contributed by atoms with Crippen LogP contribution in [0.1, 0.15) is 19.4 Å². The number of anilines is 1.